The third kappa shape index (κ3) is 76.3. The number of likely N-dealkylation sites (N-methyl/N-ethyl adjacent to an activating group) is 7. The van der Waals surface area contributed by atoms with Gasteiger partial charge in [0.1, 0.15) is 92.1 Å². The van der Waals surface area contributed by atoms with Crippen LogP contribution in [0.5, 0.6) is 0 Å². The summed E-state index contributed by atoms with van der Waals surface area (Å²) < 4.78 is 52.6. The predicted molar refractivity (Wildman–Crippen MR) is 595 cm³/mol. The molecule has 4 N–H and O–H groups in total. The van der Waals surface area contributed by atoms with E-state index < -0.39 is 4.92 Å². The predicted octanol–water partition coefficient (Wildman–Crippen LogP) is 18.7. The van der Waals surface area contributed by atoms with Gasteiger partial charge in [-0.15, -0.1) is 0 Å². The van der Waals surface area contributed by atoms with Crippen molar-refractivity contribution in [3.8, 4) is 0 Å². The molecule has 0 aromatic heterocycles. The minimum absolute atomic E-state index is 0.211. The molecule has 7 aromatic rings. The van der Waals surface area contributed by atoms with E-state index in [9.17, 15) is 33.6 Å². The van der Waals surface area contributed by atoms with Crippen LogP contribution in [0.25, 0.3) is 0 Å². The number of carbonyl (C=O) groups excluding carboxylic acids is 7. The molecular weight excluding hydrogens is 1860 g/mol. The molecule has 7 rings (SSSR count). The van der Waals surface area contributed by atoms with Crippen molar-refractivity contribution in [1.29, 1.82) is 0 Å². The van der Waals surface area contributed by atoms with Gasteiger partial charge in [0.25, 0.3) is 0 Å². The first kappa shape index (κ1) is 149. The quantitative estimate of drug-likeness (QED) is 0.00905. The fourth-order valence-electron chi connectivity index (χ4n) is 14.7. The summed E-state index contributed by atoms with van der Waals surface area (Å²) in [5, 5.41) is 36.8. The van der Waals surface area contributed by atoms with Gasteiger partial charge in [0.2, 0.25) is 0 Å². The lowest BCUT2D eigenvalue weighted by molar-refractivity contribution is -0.926. The number of ether oxygens (including phenoxy) is 9. The molecular formula is C116H203N8O22+7. The summed E-state index contributed by atoms with van der Waals surface area (Å²) in [6.45, 7) is 59.6. The number of hydrogen-bond acceptors (Lipinski definition) is 22. The van der Waals surface area contributed by atoms with E-state index in [2.05, 4.69) is 156 Å². The van der Waals surface area contributed by atoms with Crippen molar-refractivity contribution < 1.29 is 133 Å². The second-order valence-electron chi connectivity index (χ2n) is 36.0. The molecule has 0 spiro atoms. The van der Waals surface area contributed by atoms with Gasteiger partial charge in [0, 0.05) is 61.8 Å². The van der Waals surface area contributed by atoms with Crippen LogP contribution in [0, 0.1) is 10.1 Å². The van der Waals surface area contributed by atoms with E-state index in [0.717, 1.165) is 185 Å². The van der Waals surface area contributed by atoms with Crippen molar-refractivity contribution in [2.45, 2.75) is 155 Å². The number of benzene rings is 7. The lowest BCUT2D eigenvalue weighted by atomic mass is 10.2. The van der Waals surface area contributed by atoms with Gasteiger partial charge >= 0.3 is 41.8 Å². The van der Waals surface area contributed by atoms with E-state index in [1.165, 1.54) is 77.5 Å². The van der Waals surface area contributed by atoms with E-state index in [4.69, 9.17) is 63.7 Å². The molecule has 30 nitrogen and oxygen atoms in total. The summed E-state index contributed by atoms with van der Waals surface area (Å²) in [6, 6.07) is 64.1. The fourth-order valence-corrected chi connectivity index (χ4v) is 14.7. The first-order valence-corrected chi connectivity index (χ1v) is 52.0. The molecule has 30 heteroatoms. The Bertz CT molecular complexity index is 3930. The number of esters is 7. The van der Waals surface area contributed by atoms with Gasteiger partial charge in [0.05, 0.1) is 179 Å². The van der Waals surface area contributed by atoms with Gasteiger partial charge in [-0.3, -0.25) is 10.1 Å². The summed E-state index contributed by atoms with van der Waals surface area (Å²) >= 11 is 0. The van der Waals surface area contributed by atoms with Crippen molar-refractivity contribution in [3.05, 3.63) is 261 Å². The Labute approximate surface area is 883 Å². The van der Waals surface area contributed by atoms with Gasteiger partial charge in [-0.05, 0) is 186 Å². The van der Waals surface area contributed by atoms with Gasteiger partial charge < -0.3 is 94.4 Å². The molecule has 2 atom stereocenters. The van der Waals surface area contributed by atoms with Crippen LogP contribution in [0.1, 0.15) is 228 Å². The summed E-state index contributed by atoms with van der Waals surface area (Å²) in [5.74, 6) is -1.58. The van der Waals surface area contributed by atoms with Crippen molar-refractivity contribution in [2.24, 2.45) is 0 Å². The molecule has 2 unspecified atom stereocenters. The molecule has 0 aliphatic heterocycles. The monoisotopic (exact) mass is 2060 g/mol. The van der Waals surface area contributed by atoms with Gasteiger partial charge in [0.15, 0.2) is 7.05 Å². The molecule has 0 fully saturated rings. The molecule has 146 heavy (non-hydrogen) atoms. The topological polar surface area (TPSA) is 327 Å². The third-order valence-corrected chi connectivity index (χ3v) is 23.9. The molecule has 7 aromatic carbocycles. The molecule has 0 heterocycles. The van der Waals surface area contributed by atoms with Crippen LogP contribution in [-0.4, -0.2) is 395 Å². The molecule has 0 amide bonds. The van der Waals surface area contributed by atoms with E-state index in [1.807, 2.05) is 127 Å². The summed E-state index contributed by atoms with van der Waals surface area (Å²) in [4.78, 5) is 90.7. The van der Waals surface area contributed by atoms with Crippen molar-refractivity contribution >= 4 is 41.8 Å². The first-order valence-electron chi connectivity index (χ1n) is 52.0. The van der Waals surface area contributed by atoms with Gasteiger partial charge in [-0.25, -0.2) is 33.6 Å². The Morgan fingerprint density at radius 3 is 0.466 bits per heavy atom. The highest BCUT2D eigenvalue weighted by Crippen LogP contribution is 2.18. The minimum Gasteiger partial charge on any atom is -0.456 e. The number of nitro groups is 1. The number of aliphatic hydroxyl groups excluding tert-OH is 4. The number of unbranched alkanes of at least 4 members (excludes halogenated alkanes) is 2. The van der Waals surface area contributed by atoms with Gasteiger partial charge in [-0.2, -0.15) is 0 Å². The van der Waals surface area contributed by atoms with Crippen LogP contribution in [0.4, 0.5) is 0 Å². The second kappa shape index (κ2) is 96.8. The van der Waals surface area contributed by atoms with E-state index >= 15 is 0 Å². The minimum atomic E-state index is -0.500. The summed E-state index contributed by atoms with van der Waals surface area (Å²) in [7, 11) is 23.8. The number of rotatable bonds is 51. The zero-order valence-electron chi connectivity index (χ0n) is 96.1. The fraction of sp³-hybridized carbons (Fsp3) is 0.578. The highest BCUT2D eigenvalue weighted by molar-refractivity contribution is 5.92. The molecule has 0 saturated carbocycles. The van der Waals surface area contributed by atoms with Crippen molar-refractivity contribution in [2.75, 3.05) is 296 Å². The van der Waals surface area contributed by atoms with Crippen LogP contribution >= 0.6 is 0 Å². The van der Waals surface area contributed by atoms with Crippen LogP contribution in [0.2, 0.25) is 0 Å². The second-order valence-corrected chi connectivity index (χ2v) is 36.0. The first-order chi connectivity index (χ1) is 69.9. The number of nitrogens with zero attached hydrogens (tertiary/aromatic N) is 8. The maximum Gasteiger partial charge on any atom is 0.338 e. The maximum atomic E-state index is 12.0. The number of hydrogen-bond donors (Lipinski definition) is 4. The highest BCUT2D eigenvalue weighted by Gasteiger charge is 2.29. The smallest absolute Gasteiger partial charge is 0.338 e. The van der Waals surface area contributed by atoms with Crippen molar-refractivity contribution in [3.63, 3.8) is 0 Å². The largest absolute Gasteiger partial charge is 0.456 e. The highest BCUT2D eigenvalue weighted by atomic mass is 16.6. The Morgan fingerprint density at radius 2 is 0.349 bits per heavy atom. The lowest BCUT2D eigenvalue weighted by Crippen LogP contribution is -2.51. The van der Waals surface area contributed by atoms with E-state index in [-0.39, 0.29) is 41.8 Å². The Hall–Kier alpha value is -10.3. The average molecular weight is 2060 g/mol. The number of quaternary nitrogens is 7. The zero-order chi connectivity index (χ0) is 112. The number of carbonyl (C=O) groups is 7. The van der Waals surface area contributed by atoms with E-state index in [0.29, 0.717) is 85.2 Å². The van der Waals surface area contributed by atoms with E-state index in [1.54, 1.807) is 113 Å². The average Bonchev–Trinajstić information content (AvgIpc) is 0.865. The molecule has 0 aliphatic rings. The molecule has 0 saturated heterocycles. The lowest BCUT2D eigenvalue weighted by Gasteiger charge is -2.37. The standard InChI is InChI=1S/2C18H30NO2.C17H28NO2.2C15H24NO2.2C12H18NO2.2C2H6O.CH3NO2.4CH4O/c2*1-4-7-14-19(6-3,13-5-2)15-16-21-18(20)17-11-9-8-10-12-17;1-4-12-18(6-3,13-5-2)14-15-20-17(19)16-10-8-7-9-11-16;2*1-4-16(5-2,6-3)12-13-18-15(17)14-10-8-7-9-11-14;2*1-13(2,3)9-10-15-12(14)11-7-5-4-6-8-11;2*1-3-2;1-2(3)4;4*1-2/h2*8-12H,4-7,13-16H2,1-3H3;7-11H,4-6,12-15H2,1-3H3;2*7-11H,4-6,12-13H2,1-3H3;2*4-8H,9-10H2,1-3H3;2*1-2H3;1H3;4*2H,1H3/q7*+1;;;;;;;. The normalized spacial score (nSPS) is 11.1. The SMILES string of the molecule is CCCC[N+](CC)(CCC)CCOC(=O)c1ccccc1.CCCC[N+](CC)(CCC)CCOC(=O)c1ccccc1.CCC[N+](CC)(CCC)CCOC(=O)c1ccccc1.CC[N+](CC)(CC)CCOC(=O)c1ccccc1.CC[N+](CC)(CC)CCOC(=O)c1ccccc1.CO.CO.CO.CO.COC.COC.C[N+](=O)[O-].C[N+](C)(C)CCOC(=O)c1ccccc1.C[N+](C)(C)CCOC(=O)c1ccccc1. The number of methoxy groups -OCH3 is 2. The Balaban J connectivity index is -0.000000301. The summed E-state index contributed by atoms with van der Waals surface area (Å²) in [6.07, 6.45) is 9.58. The molecule has 0 bridgehead atoms. The van der Waals surface area contributed by atoms with Gasteiger partial charge in [-0.1, -0.05) is 182 Å². The number of aliphatic hydroxyl groups is 4. The third-order valence-electron chi connectivity index (χ3n) is 23.9. The van der Waals surface area contributed by atoms with Crippen LogP contribution in [0.3, 0.4) is 0 Å². The maximum absolute atomic E-state index is 12.0. The summed E-state index contributed by atoms with van der Waals surface area (Å²) in [5.41, 5.74) is 4.37. The Kier molecular flexibility index (Phi) is 98.6. The zero-order valence-corrected chi connectivity index (χ0v) is 96.1. The molecule has 832 valence electrons. The molecule has 0 aliphatic carbocycles. The molecule has 0 radical (unpaired) electrons. The van der Waals surface area contributed by atoms with Crippen molar-refractivity contribution in [1.82, 2.24) is 0 Å². The Morgan fingerprint density at radius 1 is 0.226 bits per heavy atom. The van der Waals surface area contributed by atoms with Crippen LogP contribution < -0.4 is 0 Å². The van der Waals surface area contributed by atoms with Crippen LogP contribution in [0.15, 0.2) is 212 Å². The van der Waals surface area contributed by atoms with Crippen LogP contribution in [-0.2, 0) is 42.6 Å².